The third-order valence-electron chi connectivity index (χ3n) is 2.47. The number of aliphatic hydroxyl groups is 2. The third kappa shape index (κ3) is 3.17. The number of rotatable bonds is 3. The Morgan fingerprint density at radius 1 is 1.29 bits per heavy atom. The number of halogens is 3. The number of fused-ring (bicyclic) bond motifs is 1. The van der Waals surface area contributed by atoms with Crippen LogP contribution in [-0.4, -0.2) is 32.9 Å². The summed E-state index contributed by atoms with van der Waals surface area (Å²) in [6.45, 7) is 0. The van der Waals surface area contributed by atoms with Crippen LogP contribution in [-0.2, 0) is 0 Å². The Morgan fingerprint density at radius 2 is 1.95 bits per heavy atom. The van der Waals surface area contributed by atoms with Crippen LogP contribution in [0.5, 0.6) is 5.75 Å². The summed E-state index contributed by atoms with van der Waals surface area (Å²) in [7, 11) is 0. The van der Waals surface area contributed by atoms with Crippen molar-refractivity contribution in [2.24, 2.45) is 0 Å². The van der Waals surface area contributed by atoms with Crippen LogP contribution in [0.15, 0.2) is 29.1 Å². The minimum atomic E-state index is -5.00. The molecule has 0 saturated carbocycles. The fourth-order valence-corrected chi connectivity index (χ4v) is 1.76. The molecule has 0 saturated heterocycles. The van der Waals surface area contributed by atoms with Crippen molar-refractivity contribution in [1.29, 1.82) is 0 Å². The lowest BCUT2D eigenvalue weighted by atomic mass is 10.2. The van der Waals surface area contributed by atoms with Crippen LogP contribution in [0.1, 0.15) is 0 Å². The molecule has 0 unspecified atom stereocenters. The van der Waals surface area contributed by atoms with Crippen LogP contribution in [0.2, 0.25) is 0 Å². The van der Waals surface area contributed by atoms with E-state index < -0.39 is 35.3 Å². The van der Waals surface area contributed by atoms with Gasteiger partial charge in [-0.1, -0.05) is 12.1 Å². The number of pyridine rings is 1. The lowest BCUT2D eigenvalue weighted by Crippen LogP contribution is -2.27. The highest BCUT2D eigenvalue weighted by molar-refractivity contribution is 5.87. The molecule has 0 bridgehead atoms. The van der Waals surface area contributed by atoms with E-state index in [1.165, 1.54) is 12.1 Å². The van der Waals surface area contributed by atoms with E-state index in [2.05, 4.69) is 4.74 Å². The monoisotopic (exact) mass is 306 g/mol. The molecule has 2 aromatic rings. The molecule has 10 heteroatoms. The predicted octanol–water partition coefficient (Wildman–Crippen LogP) is 0.817. The number of ether oxygens (including phenoxy) is 1. The Kier molecular flexibility index (Phi) is 3.66. The molecule has 0 aliphatic carbocycles. The smallest absolute Gasteiger partial charge is 0.425 e. The van der Waals surface area contributed by atoms with Crippen molar-refractivity contribution in [2.45, 2.75) is 12.8 Å². The van der Waals surface area contributed by atoms with E-state index in [1.807, 2.05) is 5.32 Å². The van der Waals surface area contributed by atoms with Gasteiger partial charge in [0.15, 0.2) is 5.75 Å². The molecule has 114 valence electrons. The lowest BCUT2D eigenvalue weighted by molar-refractivity contribution is -0.274. The van der Waals surface area contributed by atoms with E-state index in [0.29, 0.717) is 0 Å². The van der Waals surface area contributed by atoms with E-state index in [9.17, 15) is 23.2 Å². The van der Waals surface area contributed by atoms with Gasteiger partial charge in [-0.2, -0.15) is 0 Å². The number of para-hydroxylation sites is 1. The predicted molar refractivity (Wildman–Crippen MR) is 63.9 cm³/mol. The Labute approximate surface area is 114 Å². The maximum absolute atomic E-state index is 12.3. The normalized spacial score (nSPS) is 11.9. The zero-order chi connectivity index (χ0) is 15.8. The minimum Gasteiger partial charge on any atom is -0.425 e. The standard InChI is InChI=1S/C11H9F3N2O5/c12-11(13,14)21-7-3-1-2-5-4-6(15-10(18)19)9(17)16(20)8(5)7/h1-4,10,15,18-20H. The summed E-state index contributed by atoms with van der Waals surface area (Å²) in [6, 6.07) is 4.50. The average Bonchev–Trinajstić information content (AvgIpc) is 2.33. The van der Waals surface area contributed by atoms with E-state index in [4.69, 9.17) is 10.2 Å². The van der Waals surface area contributed by atoms with Gasteiger partial charge in [0, 0.05) is 5.39 Å². The van der Waals surface area contributed by atoms with E-state index in [-0.39, 0.29) is 10.1 Å². The Bertz CT molecular complexity index is 726. The van der Waals surface area contributed by atoms with Gasteiger partial charge in [0.05, 0.1) is 0 Å². The first-order chi connectivity index (χ1) is 9.69. The first kappa shape index (κ1) is 14.9. The first-order valence-electron chi connectivity index (χ1n) is 5.45. The molecule has 2 rings (SSSR count). The first-order valence-corrected chi connectivity index (χ1v) is 5.45. The average molecular weight is 306 g/mol. The largest absolute Gasteiger partial charge is 0.573 e. The summed E-state index contributed by atoms with van der Waals surface area (Å²) in [5.74, 6) is -0.768. The summed E-state index contributed by atoms with van der Waals surface area (Å²) in [4.78, 5) is 11.7. The third-order valence-corrected chi connectivity index (χ3v) is 2.47. The van der Waals surface area contributed by atoms with E-state index in [1.54, 1.807) is 0 Å². The zero-order valence-electron chi connectivity index (χ0n) is 10.1. The van der Waals surface area contributed by atoms with Crippen molar-refractivity contribution >= 4 is 16.6 Å². The molecule has 0 atom stereocenters. The summed E-state index contributed by atoms with van der Waals surface area (Å²) in [5, 5.41) is 29.1. The van der Waals surface area contributed by atoms with Gasteiger partial charge in [0.1, 0.15) is 11.2 Å². The molecule has 1 heterocycles. The summed E-state index contributed by atoms with van der Waals surface area (Å²) in [6.07, 6.45) is -7.08. The summed E-state index contributed by atoms with van der Waals surface area (Å²) >= 11 is 0. The van der Waals surface area contributed by atoms with Gasteiger partial charge >= 0.3 is 11.9 Å². The van der Waals surface area contributed by atoms with Crippen molar-refractivity contribution in [2.75, 3.05) is 5.32 Å². The van der Waals surface area contributed by atoms with Gasteiger partial charge in [-0.3, -0.25) is 4.79 Å². The molecule has 1 aromatic carbocycles. The van der Waals surface area contributed by atoms with Crippen LogP contribution in [0.3, 0.4) is 0 Å². The maximum atomic E-state index is 12.3. The molecule has 0 aliphatic rings. The highest BCUT2D eigenvalue weighted by Gasteiger charge is 2.32. The highest BCUT2D eigenvalue weighted by atomic mass is 19.4. The Morgan fingerprint density at radius 3 is 2.52 bits per heavy atom. The molecule has 0 spiro atoms. The zero-order valence-corrected chi connectivity index (χ0v) is 10.1. The van der Waals surface area contributed by atoms with Crippen molar-refractivity contribution in [3.63, 3.8) is 0 Å². The van der Waals surface area contributed by atoms with Crippen LogP contribution in [0, 0.1) is 0 Å². The number of hydrogen-bond donors (Lipinski definition) is 4. The minimum absolute atomic E-state index is 0.0157. The van der Waals surface area contributed by atoms with Crippen molar-refractivity contribution < 1.29 is 33.3 Å². The Balaban J connectivity index is 2.66. The molecule has 21 heavy (non-hydrogen) atoms. The molecular weight excluding hydrogens is 297 g/mol. The summed E-state index contributed by atoms with van der Waals surface area (Å²) < 4.78 is 40.5. The van der Waals surface area contributed by atoms with E-state index in [0.717, 1.165) is 12.1 Å². The number of aromatic nitrogens is 1. The highest BCUT2D eigenvalue weighted by Crippen LogP contribution is 2.30. The molecule has 7 nitrogen and oxygen atoms in total. The van der Waals surface area contributed by atoms with Gasteiger partial charge in [0.2, 0.25) is 6.41 Å². The molecule has 0 aliphatic heterocycles. The number of nitrogens with one attached hydrogen (secondary N) is 1. The molecule has 0 fully saturated rings. The van der Waals surface area contributed by atoms with Crippen molar-refractivity contribution in [3.05, 3.63) is 34.6 Å². The summed E-state index contributed by atoms with van der Waals surface area (Å²) in [5.41, 5.74) is -2.09. The van der Waals surface area contributed by atoms with Gasteiger partial charge in [-0.15, -0.1) is 17.9 Å². The van der Waals surface area contributed by atoms with Crippen LogP contribution >= 0.6 is 0 Å². The number of benzene rings is 1. The van der Waals surface area contributed by atoms with Crippen LogP contribution < -0.4 is 15.6 Å². The van der Waals surface area contributed by atoms with E-state index >= 15 is 0 Å². The fourth-order valence-electron chi connectivity index (χ4n) is 1.76. The lowest BCUT2D eigenvalue weighted by Gasteiger charge is -2.14. The van der Waals surface area contributed by atoms with Crippen LogP contribution in [0.25, 0.3) is 10.9 Å². The molecular formula is C11H9F3N2O5. The van der Waals surface area contributed by atoms with Gasteiger partial charge in [0.25, 0.3) is 0 Å². The maximum Gasteiger partial charge on any atom is 0.573 e. The Hall–Kier alpha value is -2.46. The molecule has 4 N–H and O–H groups in total. The van der Waals surface area contributed by atoms with Gasteiger partial charge < -0.3 is 25.5 Å². The quantitative estimate of drug-likeness (QED) is 0.494. The molecule has 0 amide bonds. The fraction of sp³-hybridized carbons (Fsp3) is 0.182. The number of nitrogens with zero attached hydrogens (tertiary/aromatic N) is 1. The van der Waals surface area contributed by atoms with Crippen molar-refractivity contribution in [3.8, 4) is 5.75 Å². The molecule has 0 radical (unpaired) electrons. The second kappa shape index (κ2) is 5.14. The SMILES string of the molecule is O=c1c(NC(O)O)cc2cccc(OC(F)(F)F)c2n1O. The second-order valence-electron chi connectivity index (χ2n) is 3.93. The number of anilines is 1. The van der Waals surface area contributed by atoms with Gasteiger partial charge in [-0.05, 0) is 12.1 Å². The topological polar surface area (TPSA) is 104 Å². The number of hydrogen-bond acceptors (Lipinski definition) is 6. The molecule has 1 aromatic heterocycles. The number of aliphatic hydroxyl groups excluding tert-OH is 1. The van der Waals surface area contributed by atoms with Gasteiger partial charge in [-0.25, -0.2) is 0 Å². The van der Waals surface area contributed by atoms with Crippen LogP contribution in [0.4, 0.5) is 18.9 Å². The number of alkyl halides is 3. The van der Waals surface area contributed by atoms with Crippen molar-refractivity contribution in [1.82, 2.24) is 4.73 Å². The second-order valence-corrected chi connectivity index (χ2v) is 3.93.